The van der Waals surface area contributed by atoms with Crippen molar-refractivity contribution >= 4 is 43.5 Å². The summed E-state index contributed by atoms with van der Waals surface area (Å²) in [5.41, 5.74) is -1.23. The Morgan fingerprint density at radius 3 is 2.36 bits per heavy atom. The molecule has 0 aliphatic carbocycles. The van der Waals surface area contributed by atoms with Crippen LogP contribution < -0.4 is 11.1 Å². The molecule has 0 unspecified atom stereocenters. The molecule has 0 amide bonds. The maximum Gasteiger partial charge on any atom is 0.348 e. The van der Waals surface area contributed by atoms with Crippen molar-refractivity contribution in [3.05, 3.63) is 51.0 Å². The zero-order chi connectivity index (χ0) is 17.5. The van der Waals surface area contributed by atoms with E-state index in [2.05, 4.69) is 0 Å². The van der Waals surface area contributed by atoms with E-state index in [0.29, 0.717) is 0 Å². The van der Waals surface area contributed by atoms with E-state index in [-0.39, 0.29) is 49.2 Å². The molecule has 122 valence electrons. The molecule has 5 rings (SSSR count). The third-order valence-electron chi connectivity index (χ3n) is 4.44. The molecule has 7 nitrogen and oxygen atoms in total. The number of phenols is 2. The van der Waals surface area contributed by atoms with Crippen LogP contribution in [0.5, 0.6) is 17.4 Å². The summed E-state index contributed by atoms with van der Waals surface area (Å²) >= 11 is 0. The summed E-state index contributed by atoms with van der Waals surface area (Å²) in [4.78, 5) is 24.7. The molecular weight excluding hydrogens is 328 g/mol. The van der Waals surface area contributed by atoms with Crippen molar-refractivity contribution in [3.63, 3.8) is 0 Å². The maximum absolute atomic E-state index is 12.4. The highest BCUT2D eigenvalue weighted by Gasteiger charge is 2.25. The van der Waals surface area contributed by atoms with Gasteiger partial charge in [0.25, 0.3) is 5.95 Å². The smallest absolute Gasteiger partial charge is 0.348 e. The third-order valence-corrected chi connectivity index (χ3v) is 4.44. The summed E-state index contributed by atoms with van der Waals surface area (Å²) in [6.45, 7) is 0. The van der Waals surface area contributed by atoms with Gasteiger partial charge in [0.1, 0.15) is 27.9 Å². The topological polar surface area (TPSA) is 121 Å². The number of rotatable bonds is 0. The lowest BCUT2D eigenvalue weighted by Gasteiger charge is -2.13. The fraction of sp³-hybridized carbons (Fsp3) is 0. The first-order valence-electron chi connectivity index (χ1n) is 7.30. The number of hydrogen-bond acceptors (Lipinski definition) is 7. The molecule has 0 saturated heterocycles. The van der Waals surface area contributed by atoms with Gasteiger partial charge in [-0.1, -0.05) is 12.1 Å². The van der Waals surface area contributed by atoms with Crippen LogP contribution in [0.3, 0.4) is 0 Å². The Morgan fingerprint density at radius 2 is 1.56 bits per heavy atom. The predicted octanol–water partition coefficient (Wildman–Crippen LogP) is 2.76. The predicted molar refractivity (Wildman–Crippen MR) is 89.7 cm³/mol. The molecule has 25 heavy (non-hydrogen) atoms. The van der Waals surface area contributed by atoms with Crippen LogP contribution in [0.4, 0.5) is 0 Å². The molecule has 3 N–H and O–H groups in total. The van der Waals surface area contributed by atoms with E-state index in [4.69, 9.17) is 8.83 Å². The van der Waals surface area contributed by atoms with Crippen molar-refractivity contribution in [3.8, 4) is 17.4 Å². The molecule has 0 saturated carbocycles. The van der Waals surface area contributed by atoms with E-state index in [9.17, 15) is 24.9 Å². The maximum atomic E-state index is 12.4. The minimum Gasteiger partial charge on any atom is -0.507 e. The summed E-state index contributed by atoms with van der Waals surface area (Å²) in [7, 11) is 0. The molecule has 7 heteroatoms. The van der Waals surface area contributed by atoms with Gasteiger partial charge in [-0.15, -0.1) is 0 Å². The first kappa shape index (κ1) is 13.7. The van der Waals surface area contributed by atoms with Crippen molar-refractivity contribution in [1.29, 1.82) is 0 Å². The minimum atomic E-state index is -0.818. The van der Waals surface area contributed by atoms with Gasteiger partial charge in [0, 0.05) is 16.2 Å². The Kier molecular flexibility index (Phi) is 2.30. The Labute approximate surface area is 136 Å². The second-order valence-corrected chi connectivity index (χ2v) is 5.74. The summed E-state index contributed by atoms with van der Waals surface area (Å²) < 4.78 is 10.6. The number of fused-ring (bicyclic) bond motifs is 2. The van der Waals surface area contributed by atoms with Crippen LogP contribution in [0.25, 0.3) is 43.5 Å². The molecule has 0 aliphatic rings. The van der Waals surface area contributed by atoms with Gasteiger partial charge in [-0.05, 0) is 18.2 Å². The van der Waals surface area contributed by atoms with Crippen molar-refractivity contribution in [2.24, 2.45) is 0 Å². The molecular formula is C18H8O7. The second-order valence-electron chi connectivity index (χ2n) is 5.74. The highest BCUT2D eigenvalue weighted by molar-refractivity contribution is 6.28. The average Bonchev–Trinajstić information content (AvgIpc) is 2.57. The van der Waals surface area contributed by atoms with Crippen molar-refractivity contribution < 1.29 is 24.2 Å². The monoisotopic (exact) mass is 336 g/mol. The summed E-state index contributed by atoms with van der Waals surface area (Å²) in [6.07, 6.45) is 0. The zero-order valence-electron chi connectivity index (χ0n) is 12.4. The zero-order valence-corrected chi connectivity index (χ0v) is 12.4. The van der Waals surface area contributed by atoms with Crippen LogP contribution in [0, 0.1) is 0 Å². The lowest BCUT2D eigenvalue weighted by Crippen LogP contribution is -2.05. The molecule has 0 fully saturated rings. The molecule has 0 radical (unpaired) electrons. The Bertz CT molecular complexity index is 1460. The summed E-state index contributed by atoms with van der Waals surface area (Å²) in [5, 5.41) is 31.1. The third kappa shape index (κ3) is 1.49. The number of hydrogen-bond donors (Lipinski definition) is 3. The standard InChI is InChI=1S/C18H8O7/c19-7-3-1-2-6-10(7)16-13-12-9(24-18(23)14(13)15(6)21)5-4-8(20)11(12)17(22)25-16/h1-5,20-22H. The first-order chi connectivity index (χ1) is 12.0. The van der Waals surface area contributed by atoms with E-state index < -0.39 is 22.8 Å². The molecule has 2 aromatic heterocycles. The number of phenolic OH excluding ortho intramolecular Hbond substituents is 2. The number of benzene rings is 3. The summed E-state index contributed by atoms with van der Waals surface area (Å²) in [6, 6.07) is 6.79. The van der Waals surface area contributed by atoms with E-state index in [1.54, 1.807) is 0 Å². The van der Waals surface area contributed by atoms with E-state index in [1.807, 2.05) is 0 Å². The van der Waals surface area contributed by atoms with E-state index >= 15 is 0 Å². The van der Waals surface area contributed by atoms with Crippen LogP contribution in [-0.4, -0.2) is 15.3 Å². The van der Waals surface area contributed by atoms with Crippen LogP contribution in [0.2, 0.25) is 0 Å². The minimum absolute atomic E-state index is 0.0277. The average molecular weight is 336 g/mol. The molecule has 2 heterocycles. The largest absolute Gasteiger partial charge is 0.507 e. The summed E-state index contributed by atoms with van der Waals surface area (Å²) in [5.74, 6) is -1.33. The molecule has 0 aliphatic heterocycles. The second kappa shape index (κ2) is 4.21. The lowest BCUT2D eigenvalue weighted by molar-refractivity contribution is 0.346. The van der Waals surface area contributed by atoms with Crippen LogP contribution >= 0.6 is 0 Å². The normalized spacial score (nSPS) is 12.0. The molecule has 0 atom stereocenters. The van der Waals surface area contributed by atoms with Crippen LogP contribution in [0.1, 0.15) is 0 Å². The molecule has 5 aromatic rings. The van der Waals surface area contributed by atoms with Gasteiger partial charge in [0.05, 0.1) is 5.39 Å². The van der Waals surface area contributed by atoms with E-state index in [1.165, 1.54) is 30.3 Å². The fourth-order valence-electron chi connectivity index (χ4n) is 3.41. The van der Waals surface area contributed by atoms with Gasteiger partial charge in [0.2, 0.25) is 0 Å². The van der Waals surface area contributed by atoms with Gasteiger partial charge in [-0.25, -0.2) is 4.79 Å². The van der Waals surface area contributed by atoms with Gasteiger partial charge in [-0.3, -0.25) is 4.79 Å². The van der Waals surface area contributed by atoms with Gasteiger partial charge < -0.3 is 24.2 Å². The molecule has 0 bridgehead atoms. The van der Waals surface area contributed by atoms with Crippen molar-refractivity contribution in [1.82, 2.24) is 0 Å². The highest BCUT2D eigenvalue weighted by atomic mass is 16.5. The fourth-order valence-corrected chi connectivity index (χ4v) is 3.41. The Balaban J connectivity index is 2.35. The van der Waals surface area contributed by atoms with E-state index in [0.717, 1.165) is 0 Å². The van der Waals surface area contributed by atoms with Gasteiger partial charge >= 0.3 is 5.63 Å². The molecule has 3 aromatic carbocycles. The highest BCUT2D eigenvalue weighted by Crippen LogP contribution is 2.46. The van der Waals surface area contributed by atoms with Crippen molar-refractivity contribution in [2.45, 2.75) is 0 Å². The van der Waals surface area contributed by atoms with Crippen LogP contribution in [-0.2, 0) is 0 Å². The quantitative estimate of drug-likeness (QED) is 0.226. The number of aromatic hydroxyl groups is 3. The lowest BCUT2D eigenvalue weighted by atomic mass is 9.97. The Hall–Kier alpha value is -3.74. The first-order valence-corrected chi connectivity index (χ1v) is 7.30. The Morgan fingerprint density at radius 1 is 0.760 bits per heavy atom. The van der Waals surface area contributed by atoms with Gasteiger partial charge in [0.15, 0.2) is 11.0 Å². The SMILES string of the molecule is O=c1oc2ccc(O)c3c(O)oc4c5c(=O)cccc5c(O)c1c4c23. The van der Waals surface area contributed by atoms with Crippen LogP contribution in [0.15, 0.2) is 48.8 Å². The molecule has 0 spiro atoms. The van der Waals surface area contributed by atoms with Crippen molar-refractivity contribution in [2.75, 3.05) is 0 Å². The van der Waals surface area contributed by atoms with Gasteiger partial charge in [-0.2, -0.15) is 0 Å².